The fourth-order valence-corrected chi connectivity index (χ4v) is 1.87. The second-order valence-corrected chi connectivity index (χ2v) is 4.32. The van der Waals surface area contributed by atoms with E-state index in [9.17, 15) is 0 Å². The summed E-state index contributed by atoms with van der Waals surface area (Å²) in [6.45, 7) is 3.80. The Kier molecular flexibility index (Phi) is 4.02. The molecule has 4 N–H and O–H groups in total. The van der Waals surface area contributed by atoms with Gasteiger partial charge >= 0.3 is 0 Å². The molecule has 0 aliphatic rings. The van der Waals surface area contributed by atoms with E-state index in [4.69, 9.17) is 5.73 Å². The van der Waals surface area contributed by atoms with Crippen molar-refractivity contribution in [3.63, 3.8) is 0 Å². The average Bonchev–Trinajstić information content (AvgIpc) is 2.97. The molecule has 0 fully saturated rings. The maximum atomic E-state index is 5.59. The van der Waals surface area contributed by atoms with Gasteiger partial charge in [-0.3, -0.25) is 10.2 Å². The van der Waals surface area contributed by atoms with Crippen molar-refractivity contribution in [3.8, 4) is 0 Å². The van der Waals surface area contributed by atoms with Crippen LogP contribution in [-0.4, -0.2) is 25.3 Å². The van der Waals surface area contributed by atoms with E-state index in [0.29, 0.717) is 23.1 Å². The molecule has 0 aromatic carbocycles. The predicted octanol–water partition coefficient (Wildman–Crippen LogP) is 0.766. The summed E-state index contributed by atoms with van der Waals surface area (Å²) >= 11 is 0. The number of H-pyrrole nitrogens is 1. The van der Waals surface area contributed by atoms with Crippen molar-refractivity contribution in [2.75, 3.05) is 11.1 Å². The Morgan fingerprint density at radius 2 is 2.20 bits per heavy atom. The summed E-state index contributed by atoms with van der Waals surface area (Å²) in [5, 5.41) is 18.7. The predicted molar refractivity (Wildman–Crippen MR) is 70.4 cm³/mol. The molecule has 3 aromatic rings. The molecule has 20 heavy (non-hydrogen) atoms. The van der Waals surface area contributed by atoms with Crippen LogP contribution in [0.2, 0.25) is 0 Å². The number of rotatable bonds is 3. The van der Waals surface area contributed by atoms with Gasteiger partial charge in [-0.2, -0.15) is 5.10 Å². The van der Waals surface area contributed by atoms with Gasteiger partial charge in [-0.15, -0.1) is 0 Å². The summed E-state index contributed by atoms with van der Waals surface area (Å²) in [5.74, 6) is 1.81. The summed E-state index contributed by atoms with van der Waals surface area (Å²) in [5.41, 5.74) is 7.07. The first-order valence-electron chi connectivity index (χ1n) is 5.83. The number of hydrogen-bond acceptors (Lipinski definition) is 6. The number of anilines is 2. The molecule has 9 heteroatoms. The van der Waals surface area contributed by atoms with E-state index < -0.39 is 0 Å². The molecule has 105 valence electrons. The first-order valence-corrected chi connectivity index (χ1v) is 5.83. The number of fused-ring (bicyclic) bond motifs is 1. The molecule has 3 heterocycles. The van der Waals surface area contributed by atoms with E-state index in [1.54, 1.807) is 12.3 Å². The number of aromatic nitrogens is 6. The number of aromatic amines is 1. The molecule has 0 bridgehead atoms. The van der Waals surface area contributed by atoms with Gasteiger partial charge in [-0.05, 0) is 19.5 Å². The zero-order valence-corrected chi connectivity index (χ0v) is 13.6. The number of hydrogen-bond donors (Lipinski definition) is 3. The number of nitrogens with one attached hydrogen (secondary N) is 2. The van der Waals surface area contributed by atoms with Gasteiger partial charge in [0.05, 0.1) is 11.7 Å². The van der Waals surface area contributed by atoms with E-state index in [-0.39, 0.29) is 26.5 Å². The normalized spacial score (nSPS) is 12.1. The van der Waals surface area contributed by atoms with Gasteiger partial charge < -0.3 is 21.1 Å². The third-order valence-electron chi connectivity index (χ3n) is 2.81. The summed E-state index contributed by atoms with van der Waals surface area (Å²) in [7, 11) is 0. The second-order valence-electron chi connectivity index (χ2n) is 4.32. The molecule has 0 saturated heterocycles. The van der Waals surface area contributed by atoms with Crippen LogP contribution >= 0.6 is 0 Å². The molecular weight excluding hydrogens is 430 g/mol. The van der Waals surface area contributed by atoms with Gasteiger partial charge in [0.25, 0.3) is 0 Å². The Balaban J connectivity index is 0.00000147. The molecule has 8 nitrogen and oxygen atoms in total. The minimum absolute atomic E-state index is 0. The van der Waals surface area contributed by atoms with Crippen LogP contribution in [0.4, 0.5) is 11.6 Å². The maximum Gasteiger partial charge on any atom is 0.145 e. The van der Waals surface area contributed by atoms with E-state index in [2.05, 4.69) is 35.7 Å². The Labute approximate surface area is 128 Å². The zero-order chi connectivity index (χ0) is 13.4. The molecule has 0 saturated carbocycles. The average molecular weight is 443 g/mol. The fourth-order valence-electron chi connectivity index (χ4n) is 1.87. The molecule has 0 amide bonds. The van der Waals surface area contributed by atoms with Crippen molar-refractivity contribution in [3.05, 3.63) is 23.8 Å². The van der Waals surface area contributed by atoms with Gasteiger partial charge in [0.2, 0.25) is 0 Å². The van der Waals surface area contributed by atoms with E-state index in [0.717, 1.165) is 11.1 Å². The van der Waals surface area contributed by atoms with Crippen molar-refractivity contribution in [2.45, 2.75) is 19.9 Å². The monoisotopic (exact) mass is 444 g/mol. The minimum atomic E-state index is -0.0165. The maximum absolute atomic E-state index is 5.59. The van der Waals surface area contributed by atoms with Crippen molar-refractivity contribution >= 4 is 22.7 Å². The topological polar surface area (TPSA) is 120 Å². The van der Waals surface area contributed by atoms with Crippen LogP contribution in [0.25, 0.3) is 11.0 Å². The van der Waals surface area contributed by atoms with Crippen molar-refractivity contribution in [1.29, 1.82) is 0 Å². The van der Waals surface area contributed by atoms with Crippen LogP contribution in [0.5, 0.6) is 0 Å². The third-order valence-corrected chi connectivity index (χ3v) is 2.81. The minimum Gasteiger partial charge on any atom is -0.422 e. The summed E-state index contributed by atoms with van der Waals surface area (Å²) in [4.78, 5) is 8.59. The standard InChI is InChI=1S/C11H13N8.Re/c1-5(8-3-9(12)18-17-8)14-10-7-4-13-19-11(7)16-6(2)15-10;/h3-5H,1-2H3,(H4-,12,13,14,15,16,17,18,19);/q-1;/t5-;/m0./s1. The number of nitrogen functional groups attached to an aromatic ring is 1. The summed E-state index contributed by atoms with van der Waals surface area (Å²) in [6.07, 6.45) is 1.64. The van der Waals surface area contributed by atoms with E-state index in [1.165, 1.54) is 0 Å². The van der Waals surface area contributed by atoms with Gasteiger partial charge in [0.1, 0.15) is 11.6 Å². The van der Waals surface area contributed by atoms with Crippen LogP contribution in [-0.2, 0) is 20.4 Å². The second kappa shape index (κ2) is 5.56. The SMILES string of the molecule is Cc1nc(N[C@@H](C)c2cc(N)n[nH]2)c2cn[n-]c2n1.[Re]. The molecule has 1 atom stereocenters. The number of aryl methyl sites for hydroxylation is 1. The molecule has 0 aliphatic carbocycles. The van der Waals surface area contributed by atoms with Crippen LogP contribution in [0.1, 0.15) is 24.5 Å². The molecule has 3 rings (SSSR count). The third kappa shape index (κ3) is 2.64. The zero-order valence-electron chi connectivity index (χ0n) is 10.9. The van der Waals surface area contributed by atoms with E-state index in [1.807, 2.05) is 13.8 Å². The summed E-state index contributed by atoms with van der Waals surface area (Å²) in [6, 6.07) is 1.77. The molecule has 1 radical (unpaired) electrons. The number of nitrogens with zero attached hydrogens (tertiary/aromatic N) is 5. The van der Waals surface area contributed by atoms with Crippen LogP contribution in [0.3, 0.4) is 0 Å². The van der Waals surface area contributed by atoms with Gasteiger partial charge in [0.15, 0.2) is 0 Å². The quantitative estimate of drug-likeness (QED) is 0.547. The molecule has 3 aromatic heterocycles. The van der Waals surface area contributed by atoms with Crippen LogP contribution in [0.15, 0.2) is 12.3 Å². The van der Waals surface area contributed by atoms with Crippen molar-refractivity contribution < 1.29 is 20.4 Å². The number of nitrogens with two attached hydrogens (primary N) is 1. The fraction of sp³-hybridized carbons (Fsp3) is 0.273. The first kappa shape index (κ1) is 14.4. The molecule has 0 unspecified atom stereocenters. The van der Waals surface area contributed by atoms with Crippen LogP contribution in [0, 0.1) is 6.92 Å². The summed E-state index contributed by atoms with van der Waals surface area (Å²) < 4.78 is 0. The van der Waals surface area contributed by atoms with Gasteiger partial charge in [-0.25, -0.2) is 4.98 Å². The Morgan fingerprint density at radius 1 is 1.40 bits per heavy atom. The Bertz CT molecular complexity index is 718. The Morgan fingerprint density at radius 3 is 2.90 bits per heavy atom. The molecular formula is C11H13N8Re-. The van der Waals surface area contributed by atoms with Crippen molar-refractivity contribution in [2.24, 2.45) is 0 Å². The Hall–Kier alpha value is -1.98. The first-order chi connectivity index (χ1) is 9.13. The van der Waals surface area contributed by atoms with E-state index >= 15 is 0 Å². The van der Waals surface area contributed by atoms with Crippen LogP contribution < -0.4 is 16.1 Å². The van der Waals surface area contributed by atoms with Gasteiger partial charge in [0, 0.05) is 43.9 Å². The van der Waals surface area contributed by atoms with Gasteiger partial charge in [-0.1, -0.05) is 0 Å². The smallest absolute Gasteiger partial charge is 0.145 e. The molecule has 0 spiro atoms. The van der Waals surface area contributed by atoms with Crippen molar-refractivity contribution in [1.82, 2.24) is 30.4 Å². The molecule has 0 aliphatic heterocycles. The largest absolute Gasteiger partial charge is 0.422 e.